The average Bonchev–Trinajstić information content (AvgIpc) is 2.36. The second kappa shape index (κ2) is 7.38. The zero-order chi connectivity index (χ0) is 16.0. The highest BCUT2D eigenvalue weighted by Gasteiger charge is 2.21. The molecule has 0 aliphatic heterocycles. The lowest BCUT2D eigenvalue weighted by Crippen LogP contribution is -2.38. The fraction of sp³-hybridized carbons (Fsp3) is 0.600. The first-order chi connectivity index (χ1) is 9.73. The Labute approximate surface area is 125 Å². The second-order valence-electron chi connectivity index (χ2n) is 5.99. The molecule has 0 saturated heterocycles. The average molecular weight is 296 g/mol. The first-order valence-electron chi connectivity index (χ1n) is 6.99. The maximum absolute atomic E-state index is 10.9. The van der Waals surface area contributed by atoms with Crippen molar-refractivity contribution >= 4 is 5.69 Å². The van der Waals surface area contributed by atoms with Gasteiger partial charge in [-0.2, -0.15) is 0 Å². The van der Waals surface area contributed by atoms with E-state index in [1.165, 1.54) is 19.2 Å². The number of hydrogen-bond donors (Lipinski definition) is 2. The minimum absolute atomic E-state index is 0.0000839. The van der Waals surface area contributed by atoms with Crippen LogP contribution in [0.4, 0.5) is 5.69 Å². The van der Waals surface area contributed by atoms with Gasteiger partial charge in [0.1, 0.15) is 5.75 Å². The highest BCUT2D eigenvalue weighted by atomic mass is 16.6. The third-order valence-corrected chi connectivity index (χ3v) is 3.08. The Balaban J connectivity index is 2.67. The molecule has 0 spiro atoms. The van der Waals surface area contributed by atoms with E-state index in [-0.39, 0.29) is 5.69 Å². The minimum atomic E-state index is -0.793. The third-order valence-electron chi connectivity index (χ3n) is 3.08. The van der Waals surface area contributed by atoms with E-state index < -0.39 is 10.5 Å². The fourth-order valence-electron chi connectivity index (χ4n) is 2.40. The molecule has 0 aliphatic rings. The zero-order valence-corrected chi connectivity index (χ0v) is 13.0. The van der Waals surface area contributed by atoms with Gasteiger partial charge < -0.3 is 15.2 Å². The van der Waals surface area contributed by atoms with Crippen LogP contribution in [0.15, 0.2) is 18.2 Å². The lowest BCUT2D eigenvalue weighted by molar-refractivity contribution is -0.385. The summed E-state index contributed by atoms with van der Waals surface area (Å²) in [5, 5.41) is 24.2. The summed E-state index contributed by atoms with van der Waals surface area (Å²) in [6.07, 6.45) is 0.693. The van der Waals surface area contributed by atoms with E-state index in [1.807, 2.05) is 0 Å². The molecule has 0 saturated carbocycles. The number of nitro benzene ring substituents is 1. The Bertz CT molecular complexity index is 487. The van der Waals surface area contributed by atoms with Gasteiger partial charge in [-0.05, 0) is 30.9 Å². The summed E-state index contributed by atoms with van der Waals surface area (Å²) in [6, 6.07) is 4.64. The molecule has 1 aromatic carbocycles. The van der Waals surface area contributed by atoms with Crippen molar-refractivity contribution in [2.75, 3.05) is 13.7 Å². The van der Waals surface area contributed by atoms with E-state index in [9.17, 15) is 15.2 Å². The van der Waals surface area contributed by atoms with E-state index in [0.29, 0.717) is 31.2 Å². The van der Waals surface area contributed by atoms with Crippen LogP contribution in [0.2, 0.25) is 0 Å². The summed E-state index contributed by atoms with van der Waals surface area (Å²) in [6.45, 7) is 6.76. The van der Waals surface area contributed by atoms with Gasteiger partial charge in [0, 0.05) is 19.2 Å². The monoisotopic (exact) mass is 296 g/mol. The van der Waals surface area contributed by atoms with Crippen molar-refractivity contribution in [1.82, 2.24) is 5.32 Å². The lowest BCUT2D eigenvalue weighted by atomic mass is 9.94. The molecular formula is C15H24N2O4. The van der Waals surface area contributed by atoms with Gasteiger partial charge in [-0.3, -0.25) is 10.1 Å². The molecule has 0 aliphatic carbocycles. The van der Waals surface area contributed by atoms with Crippen LogP contribution >= 0.6 is 0 Å². The summed E-state index contributed by atoms with van der Waals surface area (Å²) in [5.41, 5.74) is -0.0413. The SMILES string of the molecule is COc1cc(CNCC(C)(O)CC(C)C)cc([N+](=O)[O-])c1. The molecule has 1 rings (SSSR count). The normalized spacial score (nSPS) is 14.0. The number of nitrogens with one attached hydrogen (secondary N) is 1. The summed E-state index contributed by atoms with van der Waals surface area (Å²) in [7, 11) is 1.48. The third kappa shape index (κ3) is 6.10. The molecule has 1 aromatic rings. The first kappa shape index (κ1) is 17.4. The largest absolute Gasteiger partial charge is 0.496 e. The van der Waals surface area contributed by atoms with Gasteiger partial charge in [0.05, 0.1) is 23.7 Å². The van der Waals surface area contributed by atoms with Crippen molar-refractivity contribution in [1.29, 1.82) is 0 Å². The number of hydrogen-bond acceptors (Lipinski definition) is 5. The zero-order valence-electron chi connectivity index (χ0n) is 13.0. The molecular weight excluding hydrogens is 272 g/mol. The first-order valence-corrected chi connectivity index (χ1v) is 6.99. The van der Waals surface area contributed by atoms with E-state index in [1.54, 1.807) is 13.0 Å². The number of nitro groups is 1. The van der Waals surface area contributed by atoms with Crippen molar-refractivity contribution in [3.05, 3.63) is 33.9 Å². The number of methoxy groups -OCH3 is 1. The van der Waals surface area contributed by atoms with Crippen molar-refractivity contribution < 1.29 is 14.8 Å². The van der Waals surface area contributed by atoms with Gasteiger partial charge in [0.25, 0.3) is 5.69 Å². The highest BCUT2D eigenvalue weighted by molar-refractivity contribution is 5.42. The lowest BCUT2D eigenvalue weighted by Gasteiger charge is -2.25. The maximum atomic E-state index is 10.9. The molecule has 2 N–H and O–H groups in total. The van der Waals surface area contributed by atoms with Gasteiger partial charge in [0.2, 0.25) is 0 Å². The standard InChI is InChI=1S/C15H24N2O4/c1-11(2)8-15(3,18)10-16-9-12-5-13(17(19)20)7-14(6-12)21-4/h5-7,11,16,18H,8-10H2,1-4H3. The van der Waals surface area contributed by atoms with E-state index in [4.69, 9.17) is 4.74 Å². The van der Waals surface area contributed by atoms with Crippen molar-refractivity contribution in [3.63, 3.8) is 0 Å². The summed E-state index contributed by atoms with van der Waals surface area (Å²) in [5.74, 6) is 0.856. The van der Waals surface area contributed by atoms with Crippen molar-refractivity contribution in [2.45, 2.75) is 39.3 Å². The molecule has 1 atom stereocenters. The van der Waals surface area contributed by atoms with Crippen LogP contribution in [-0.2, 0) is 6.54 Å². The summed E-state index contributed by atoms with van der Waals surface area (Å²) >= 11 is 0. The number of ether oxygens (including phenoxy) is 1. The molecule has 118 valence electrons. The van der Waals surface area contributed by atoms with E-state index in [0.717, 1.165) is 5.56 Å². The Hall–Kier alpha value is -1.66. The molecule has 0 amide bonds. The number of aliphatic hydroxyl groups is 1. The number of non-ortho nitro benzene ring substituents is 1. The minimum Gasteiger partial charge on any atom is -0.496 e. The molecule has 21 heavy (non-hydrogen) atoms. The van der Waals surface area contributed by atoms with Crippen LogP contribution < -0.4 is 10.1 Å². The molecule has 0 heterocycles. The molecule has 6 nitrogen and oxygen atoms in total. The van der Waals surface area contributed by atoms with Crippen LogP contribution in [0.1, 0.15) is 32.8 Å². The predicted molar refractivity (Wildman–Crippen MR) is 81.4 cm³/mol. The molecule has 0 fully saturated rings. The Morgan fingerprint density at radius 3 is 2.62 bits per heavy atom. The van der Waals surface area contributed by atoms with Crippen LogP contribution in [0.25, 0.3) is 0 Å². The van der Waals surface area contributed by atoms with E-state index in [2.05, 4.69) is 19.2 Å². The van der Waals surface area contributed by atoms with Crippen LogP contribution in [0.5, 0.6) is 5.75 Å². The van der Waals surface area contributed by atoms with Crippen molar-refractivity contribution in [2.24, 2.45) is 5.92 Å². The van der Waals surface area contributed by atoms with Gasteiger partial charge in [-0.25, -0.2) is 0 Å². The number of rotatable bonds is 8. The van der Waals surface area contributed by atoms with Crippen LogP contribution in [-0.4, -0.2) is 29.3 Å². The molecule has 0 aromatic heterocycles. The topological polar surface area (TPSA) is 84.6 Å². The van der Waals surface area contributed by atoms with Gasteiger partial charge >= 0.3 is 0 Å². The summed E-state index contributed by atoms with van der Waals surface area (Å²) < 4.78 is 5.06. The van der Waals surface area contributed by atoms with Crippen LogP contribution in [0, 0.1) is 16.0 Å². The number of benzene rings is 1. The summed E-state index contributed by atoms with van der Waals surface area (Å²) in [4.78, 5) is 10.4. The van der Waals surface area contributed by atoms with Gasteiger partial charge in [0.15, 0.2) is 0 Å². The quantitative estimate of drug-likeness (QED) is 0.568. The maximum Gasteiger partial charge on any atom is 0.273 e. The number of nitrogens with zero attached hydrogens (tertiary/aromatic N) is 1. The predicted octanol–water partition coefficient (Wildman–Crippen LogP) is 2.49. The van der Waals surface area contributed by atoms with E-state index >= 15 is 0 Å². The molecule has 0 bridgehead atoms. The highest BCUT2D eigenvalue weighted by Crippen LogP contribution is 2.22. The Morgan fingerprint density at radius 2 is 2.10 bits per heavy atom. The Morgan fingerprint density at radius 1 is 1.43 bits per heavy atom. The van der Waals surface area contributed by atoms with Gasteiger partial charge in [-0.1, -0.05) is 13.8 Å². The van der Waals surface area contributed by atoms with Gasteiger partial charge in [-0.15, -0.1) is 0 Å². The molecule has 6 heteroatoms. The fourth-order valence-corrected chi connectivity index (χ4v) is 2.40. The van der Waals surface area contributed by atoms with Crippen LogP contribution in [0.3, 0.4) is 0 Å². The molecule has 1 unspecified atom stereocenters. The molecule has 0 radical (unpaired) electrons. The second-order valence-corrected chi connectivity index (χ2v) is 5.99. The van der Waals surface area contributed by atoms with Crippen molar-refractivity contribution in [3.8, 4) is 5.75 Å². The smallest absolute Gasteiger partial charge is 0.273 e. The Kier molecular flexibility index (Phi) is 6.11.